The summed E-state index contributed by atoms with van der Waals surface area (Å²) in [6, 6.07) is 14.0. The molecular weight excluding hydrogens is 382 g/mol. The predicted octanol–water partition coefficient (Wildman–Crippen LogP) is 6.17. The second-order valence-corrected chi connectivity index (χ2v) is 6.97. The fraction of sp³-hybridized carbons (Fsp3) is 0.235. The first kappa shape index (κ1) is 15.8. The third-order valence-corrected chi connectivity index (χ3v) is 4.98. The molecule has 0 radical (unpaired) electrons. The van der Waals surface area contributed by atoms with Crippen LogP contribution in [-0.4, -0.2) is 16.3 Å². The van der Waals surface area contributed by atoms with Crippen molar-refractivity contribution in [2.75, 3.05) is 11.9 Å². The molecule has 0 aliphatic carbocycles. The summed E-state index contributed by atoms with van der Waals surface area (Å²) in [5.41, 5.74) is 2.09. The lowest BCUT2D eigenvalue weighted by molar-refractivity contribution is 0.310. The molecule has 0 bridgehead atoms. The summed E-state index contributed by atoms with van der Waals surface area (Å²) >= 11 is 10.9. The molecule has 0 aliphatic rings. The fourth-order valence-corrected chi connectivity index (χ4v) is 3.56. The molecule has 0 saturated carbocycles. The van der Waals surface area contributed by atoms with Crippen molar-refractivity contribution in [3.8, 4) is 17.0 Å². The van der Waals surface area contributed by atoms with Gasteiger partial charge >= 0.3 is 0 Å². The van der Waals surface area contributed by atoms with Crippen LogP contribution in [0.3, 0.4) is 0 Å². The predicted molar refractivity (Wildman–Crippen MR) is 98.6 cm³/mol. The second-order valence-electron chi connectivity index (χ2n) is 4.94. The van der Waals surface area contributed by atoms with Crippen molar-refractivity contribution >= 4 is 49.1 Å². The minimum atomic E-state index is 0.738. The number of benzene rings is 2. The zero-order valence-electron chi connectivity index (χ0n) is 11.9. The molecule has 2 aromatic carbocycles. The molecule has 114 valence electrons. The number of aromatic nitrogens is 1. The number of halogens is 2. The summed E-state index contributed by atoms with van der Waals surface area (Å²) in [5, 5.41) is 2.91. The van der Waals surface area contributed by atoms with E-state index in [1.165, 1.54) is 11.5 Å². The number of ether oxygens (including phenoxy) is 1. The summed E-state index contributed by atoms with van der Waals surface area (Å²) < 4.78 is 11.5. The Morgan fingerprint density at radius 3 is 2.68 bits per heavy atom. The molecule has 1 heterocycles. The number of nitrogens with zero attached hydrogens (tertiary/aromatic N) is 1. The lowest BCUT2D eigenvalue weighted by atomic mass is 10.1. The van der Waals surface area contributed by atoms with E-state index in [2.05, 4.69) is 32.4 Å². The van der Waals surface area contributed by atoms with E-state index in [0.717, 1.165) is 56.9 Å². The molecule has 0 N–H and O–H groups in total. The first-order valence-corrected chi connectivity index (χ1v) is 9.39. The molecule has 0 spiro atoms. The van der Waals surface area contributed by atoms with Gasteiger partial charge in [0.2, 0.25) is 0 Å². The van der Waals surface area contributed by atoms with Crippen molar-refractivity contribution in [2.45, 2.75) is 12.8 Å². The number of unbranched alkanes of at least 4 members (excludes halogenated alkanes) is 1. The lowest BCUT2D eigenvalue weighted by Gasteiger charge is -2.05. The highest BCUT2D eigenvalue weighted by Crippen LogP contribution is 2.33. The van der Waals surface area contributed by atoms with Crippen molar-refractivity contribution in [1.29, 1.82) is 0 Å². The van der Waals surface area contributed by atoms with Gasteiger partial charge in [-0.25, -0.2) is 0 Å². The van der Waals surface area contributed by atoms with Crippen molar-refractivity contribution in [1.82, 2.24) is 4.37 Å². The lowest BCUT2D eigenvalue weighted by Crippen LogP contribution is -1.97. The zero-order valence-corrected chi connectivity index (χ0v) is 15.0. The number of rotatable bonds is 6. The van der Waals surface area contributed by atoms with Crippen LogP contribution in [0.25, 0.3) is 21.3 Å². The van der Waals surface area contributed by atoms with Crippen molar-refractivity contribution in [3.05, 3.63) is 47.5 Å². The van der Waals surface area contributed by atoms with Crippen LogP contribution in [0.4, 0.5) is 0 Å². The molecule has 0 saturated heterocycles. The summed E-state index contributed by atoms with van der Waals surface area (Å²) in [6.45, 7) is 0.750. The average molecular weight is 397 g/mol. The number of hydrogen-bond donors (Lipinski definition) is 0. The van der Waals surface area contributed by atoms with E-state index < -0.39 is 0 Å². The zero-order chi connectivity index (χ0) is 15.4. The van der Waals surface area contributed by atoms with Crippen LogP contribution in [-0.2, 0) is 0 Å². The summed E-state index contributed by atoms with van der Waals surface area (Å²) in [4.78, 5) is 0. The van der Waals surface area contributed by atoms with Gasteiger partial charge in [-0.05, 0) is 54.7 Å². The molecule has 5 heteroatoms. The van der Waals surface area contributed by atoms with Gasteiger partial charge in [0.1, 0.15) is 5.75 Å². The van der Waals surface area contributed by atoms with Crippen LogP contribution in [0, 0.1) is 0 Å². The van der Waals surface area contributed by atoms with E-state index in [1.54, 1.807) is 0 Å². The maximum Gasteiger partial charge on any atom is 0.120 e. The van der Waals surface area contributed by atoms with Crippen LogP contribution in [0.1, 0.15) is 12.8 Å². The van der Waals surface area contributed by atoms with E-state index in [1.807, 2.05) is 30.3 Å². The Morgan fingerprint density at radius 2 is 1.91 bits per heavy atom. The second kappa shape index (κ2) is 7.44. The summed E-state index contributed by atoms with van der Waals surface area (Å²) in [5.74, 6) is 0.911. The highest BCUT2D eigenvalue weighted by atomic mass is 79.9. The molecule has 3 rings (SSSR count). The van der Waals surface area contributed by atoms with Crippen molar-refractivity contribution in [2.24, 2.45) is 0 Å². The third kappa shape index (κ3) is 3.62. The largest absolute Gasteiger partial charge is 0.494 e. The smallest absolute Gasteiger partial charge is 0.120 e. The Balaban J connectivity index is 1.81. The minimum absolute atomic E-state index is 0.738. The highest BCUT2D eigenvalue weighted by Gasteiger charge is 2.09. The number of hydrogen-bond acceptors (Lipinski definition) is 3. The first-order chi connectivity index (χ1) is 10.8. The maximum absolute atomic E-state index is 5.95. The minimum Gasteiger partial charge on any atom is -0.494 e. The van der Waals surface area contributed by atoms with Crippen LogP contribution in [0.15, 0.2) is 42.5 Å². The van der Waals surface area contributed by atoms with Gasteiger partial charge in [-0.15, -0.1) is 0 Å². The van der Waals surface area contributed by atoms with Crippen LogP contribution < -0.4 is 4.74 Å². The molecule has 1 aromatic heterocycles. The topological polar surface area (TPSA) is 22.1 Å². The Morgan fingerprint density at radius 1 is 1.09 bits per heavy atom. The standard InChI is InChI=1S/C17H15BrClNOS/c18-9-1-2-10-21-14-7-8-15-16(11-14)22-20-17(15)12-3-5-13(19)6-4-12/h3-8,11H,1-2,9-10H2. The summed E-state index contributed by atoms with van der Waals surface area (Å²) in [6.07, 6.45) is 2.19. The Bertz CT molecular complexity index is 757. The van der Waals surface area contributed by atoms with Gasteiger partial charge in [-0.3, -0.25) is 0 Å². The SMILES string of the molecule is Clc1ccc(-c2nsc3cc(OCCCCBr)ccc23)cc1. The molecule has 0 atom stereocenters. The molecule has 0 amide bonds. The van der Waals surface area contributed by atoms with E-state index in [0.29, 0.717) is 0 Å². The Kier molecular flexibility index (Phi) is 5.34. The van der Waals surface area contributed by atoms with Gasteiger partial charge in [0.25, 0.3) is 0 Å². The fourth-order valence-electron chi connectivity index (χ4n) is 2.21. The third-order valence-electron chi connectivity index (χ3n) is 3.36. The molecule has 22 heavy (non-hydrogen) atoms. The van der Waals surface area contributed by atoms with Gasteiger partial charge in [0.15, 0.2) is 0 Å². The van der Waals surface area contributed by atoms with Crippen LogP contribution >= 0.6 is 39.1 Å². The van der Waals surface area contributed by atoms with Crippen molar-refractivity contribution < 1.29 is 4.74 Å². The quantitative estimate of drug-likeness (QED) is 0.367. The maximum atomic E-state index is 5.95. The summed E-state index contributed by atoms with van der Waals surface area (Å²) in [7, 11) is 0. The van der Waals surface area contributed by atoms with E-state index in [-0.39, 0.29) is 0 Å². The van der Waals surface area contributed by atoms with Crippen molar-refractivity contribution in [3.63, 3.8) is 0 Å². The van der Waals surface area contributed by atoms with Gasteiger partial charge in [0.05, 0.1) is 17.0 Å². The molecule has 0 unspecified atom stereocenters. The van der Waals surface area contributed by atoms with Gasteiger partial charge in [-0.2, -0.15) is 4.37 Å². The first-order valence-electron chi connectivity index (χ1n) is 7.12. The molecular formula is C17H15BrClNOS. The molecule has 2 nitrogen and oxygen atoms in total. The van der Waals surface area contributed by atoms with Gasteiger partial charge < -0.3 is 4.74 Å². The highest BCUT2D eigenvalue weighted by molar-refractivity contribution is 9.09. The molecule has 0 fully saturated rings. The van der Waals surface area contributed by atoms with Gasteiger partial charge in [-0.1, -0.05) is 39.7 Å². The van der Waals surface area contributed by atoms with Gasteiger partial charge in [0, 0.05) is 21.3 Å². The Labute approximate surface area is 147 Å². The van der Waals surface area contributed by atoms with Crippen LogP contribution in [0.2, 0.25) is 5.02 Å². The molecule has 3 aromatic rings. The van der Waals surface area contributed by atoms with E-state index >= 15 is 0 Å². The normalized spacial score (nSPS) is 11.0. The molecule has 0 aliphatic heterocycles. The Hall–Kier alpha value is -1.10. The monoisotopic (exact) mass is 395 g/mol. The average Bonchev–Trinajstić information content (AvgIpc) is 2.95. The van der Waals surface area contributed by atoms with Crippen LogP contribution in [0.5, 0.6) is 5.75 Å². The van der Waals surface area contributed by atoms with E-state index in [9.17, 15) is 0 Å². The number of fused-ring (bicyclic) bond motifs is 1. The number of alkyl halides is 1. The van der Waals surface area contributed by atoms with E-state index in [4.69, 9.17) is 16.3 Å².